The molecule has 0 bridgehead atoms. The third-order valence-electron chi connectivity index (χ3n) is 7.74. The molecule has 3 heterocycles. The number of nitrogens with one attached hydrogen (secondary N) is 2. The molecule has 1 saturated heterocycles. The van der Waals surface area contributed by atoms with Crippen LogP contribution in [0.25, 0.3) is 10.8 Å². The zero-order chi connectivity index (χ0) is 27.8. The number of sulfonamides is 1. The highest BCUT2D eigenvalue weighted by atomic mass is 35.5. The van der Waals surface area contributed by atoms with Gasteiger partial charge in [-0.3, -0.25) is 14.6 Å². The van der Waals surface area contributed by atoms with Gasteiger partial charge in [0.05, 0.1) is 30.2 Å². The van der Waals surface area contributed by atoms with Crippen molar-refractivity contribution in [2.24, 2.45) is 5.92 Å². The van der Waals surface area contributed by atoms with Crippen molar-refractivity contribution >= 4 is 49.9 Å². The summed E-state index contributed by atoms with van der Waals surface area (Å²) in [5.74, 6) is -0.207. The second kappa shape index (κ2) is 10.7. The molecule has 2 aromatic carbocycles. The number of pyridine rings is 1. The van der Waals surface area contributed by atoms with Crippen LogP contribution in [0.2, 0.25) is 5.02 Å². The minimum Gasteiger partial charge on any atom is -0.493 e. The number of benzene rings is 2. The number of nitrogens with zero attached hydrogens (tertiary/aromatic N) is 2. The first-order valence-electron chi connectivity index (χ1n) is 12.9. The minimum absolute atomic E-state index is 0.0830. The number of carbonyl (C=O) groups is 2. The molecular formula is C28H31ClN4O5S. The number of halogens is 1. The maximum Gasteiger partial charge on any atom is 0.235 e. The molecule has 2 N–H and O–H groups in total. The number of carbonyl (C=O) groups excluding carboxylic acids is 2. The maximum absolute atomic E-state index is 14.2. The summed E-state index contributed by atoms with van der Waals surface area (Å²) >= 11 is 6.36. The van der Waals surface area contributed by atoms with E-state index >= 15 is 0 Å². The number of aromatic nitrogens is 1. The van der Waals surface area contributed by atoms with Crippen LogP contribution in [0.4, 0.5) is 5.69 Å². The fourth-order valence-electron chi connectivity index (χ4n) is 5.58. The van der Waals surface area contributed by atoms with Crippen molar-refractivity contribution in [2.75, 3.05) is 31.3 Å². The molecule has 0 radical (unpaired) electrons. The molecule has 5 rings (SSSR count). The number of hydrogen-bond donors (Lipinski definition) is 2. The van der Waals surface area contributed by atoms with Gasteiger partial charge >= 0.3 is 0 Å². The topological polar surface area (TPSA) is 118 Å². The summed E-state index contributed by atoms with van der Waals surface area (Å²) in [5, 5.41) is 8.28. The van der Waals surface area contributed by atoms with Crippen LogP contribution in [-0.2, 0) is 25.0 Å². The standard InChI is InChI=1S/C28H31ClN4O5S/c1-18-17-33(39(2,36)37)11-9-23(18)31-26(34)14-28(10-12-38-25-8-7-20(29)13-22(25)28)27(35)32-24-16-30-15-19-5-3-4-6-21(19)24/h3-8,13,15-16,18,23H,9-12,14,17H2,1-2H3,(H,31,34)(H,32,35). The summed E-state index contributed by atoms with van der Waals surface area (Å²) in [4.78, 5) is 32.0. The molecular weight excluding hydrogens is 540 g/mol. The molecule has 3 aromatic rings. The molecule has 1 aromatic heterocycles. The Morgan fingerprint density at radius 2 is 2.00 bits per heavy atom. The zero-order valence-electron chi connectivity index (χ0n) is 21.8. The van der Waals surface area contributed by atoms with Crippen molar-refractivity contribution in [3.05, 3.63) is 65.4 Å². The van der Waals surface area contributed by atoms with Gasteiger partial charge in [0.2, 0.25) is 21.8 Å². The summed E-state index contributed by atoms with van der Waals surface area (Å²) in [5.41, 5.74) is -0.132. The van der Waals surface area contributed by atoms with Gasteiger partial charge < -0.3 is 15.4 Å². The van der Waals surface area contributed by atoms with Crippen LogP contribution >= 0.6 is 11.6 Å². The molecule has 0 saturated carbocycles. The van der Waals surface area contributed by atoms with Gasteiger partial charge in [-0.05, 0) is 30.5 Å². The molecule has 9 nitrogen and oxygen atoms in total. The lowest BCUT2D eigenvalue weighted by Gasteiger charge is -2.39. The first-order chi connectivity index (χ1) is 18.6. The monoisotopic (exact) mass is 570 g/mol. The van der Waals surface area contributed by atoms with Crippen LogP contribution in [0, 0.1) is 5.92 Å². The van der Waals surface area contributed by atoms with E-state index in [2.05, 4.69) is 15.6 Å². The van der Waals surface area contributed by atoms with E-state index in [0.717, 1.165) is 10.8 Å². The Bertz CT molecular complexity index is 1530. The van der Waals surface area contributed by atoms with E-state index in [1.807, 2.05) is 31.2 Å². The van der Waals surface area contributed by atoms with Crippen molar-refractivity contribution < 1.29 is 22.7 Å². The number of fused-ring (bicyclic) bond motifs is 2. The second-order valence-corrected chi connectivity index (χ2v) is 12.8. The van der Waals surface area contributed by atoms with Crippen molar-refractivity contribution in [2.45, 2.75) is 37.6 Å². The highest BCUT2D eigenvalue weighted by molar-refractivity contribution is 7.88. The largest absolute Gasteiger partial charge is 0.493 e. The van der Waals surface area contributed by atoms with Gasteiger partial charge in [-0.15, -0.1) is 0 Å². The van der Waals surface area contributed by atoms with Gasteiger partial charge in [0, 0.05) is 59.5 Å². The molecule has 0 aliphatic carbocycles. The Morgan fingerprint density at radius 1 is 1.21 bits per heavy atom. The average Bonchev–Trinajstić information content (AvgIpc) is 2.89. The van der Waals surface area contributed by atoms with E-state index in [1.165, 1.54) is 10.6 Å². The van der Waals surface area contributed by atoms with Gasteiger partial charge in [-0.1, -0.05) is 42.8 Å². The van der Waals surface area contributed by atoms with Crippen molar-refractivity contribution in [1.82, 2.24) is 14.6 Å². The van der Waals surface area contributed by atoms with Crippen molar-refractivity contribution in [3.63, 3.8) is 0 Å². The van der Waals surface area contributed by atoms with E-state index < -0.39 is 15.4 Å². The minimum atomic E-state index is -3.30. The lowest BCUT2D eigenvalue weighted by molar-refractivity contribution is -0.130. The Kier molecular flexibility index (Phi) is 7.54. The van der Waals surface area contributed by atoms with Crippen LogP contribution in [0.15, 0.2) is 54.9 Å². The van der Waals surface area contributed by atoms with Gasteiger partial charge in [0.1, 0.15) is 5.75 Å². The first-order valence-corrected chi connectivity index (χ1v) is 15.1. The smallest absolute Gasteiger partial charge is 0.235 e. The van der Waals surface area contributed by atoms with E-state index in [0.29, 0.717) is 41.5 Å². The third-order valence-corrected chi connectivity index (χ3v) is 9.25. The summed E-state index contributed by atoms with van der Waals surface area (Å²) in [6.07, 6.45) is 5.18. The number of rotatable bonds is 6. The normalized spacial score (nSPS) is 23.5. The molecule has 1 fully saturated rings. The summed E-state index contributed by atoms with van der Waals surface area (Å²) in [7, 11) is -3.30. The Labute approximate surface area is 232 Å². The SMILES string of the molecule is CC1CN(S(C)(=O)=O)CCC1NC(=O)CC1(C(=O)Nc2cncc3ccccc23)CCOc2ccc(Cl)cc21. The maximum atomic E-state index is 14.2. The molecule has 206 valence electrons. The second-order valence-electron chi connectivity index (χ2n) is 10.4. The van der Waals surface area contributed by atoms with Gasteiger partial charge in [0.15, 0.2) is 0 Å². The van der Waals surface area contributed by atoms with Crippen molar-refractivity contribution in [1.29, 1.82) is 0 Å². The molecule has 3 unspecified atom stereocenters. The van der Waals surface area contributed by atoms with Crippen LogP contribution in [-0.4, -0.2) is 61.5 Å². The Hall–Kier alpha value is -3.21. The summed E-state index contributed by atoms with van der Waals surface area (Å²) in [6, 6.07) is 12.5. The van der Waals surface area contributed by atoms with Crippen LogP contribution in [0.3, 0.4) is 0 Å². The predicted octanol–water partition coefficient (Wildman–Crippen LogP) is 3.72. The molecule has 2 amide bonds. The summed E-state index contributed by atoms with van der Waals surface area (Å²) < 4.78 is 31.3. The predicted molar refractivity (Wildman–Crippen MR) is 150 cm³/mol. The molecule has 39 heavy (non-hydrogen) atoms. The highest BCUT2D eigenvalue weighted by Gasteiger charge is 2.47. The van der Waals surface area contributed by atoms with Crippen LogP contribution < -0.4 is 15.4 Å². The number of piperidine rings is 1. The Balaban J connectivity index is 1.44. The lowest BCUT2D eigenvalue weighted by Crippen LogP contribution is -2.53. The van der Waals surface area contributed by atoms with Gasteiger partial charge in [-0.25, -0.2) is 12.7 Å². The average molecular weight is 571 g/mol. The highest BCUT2D eigenvalue weighted by Crippen LogP contribution is 2.44. The fraction of sp³-hybridized carbons (Fsp3) is 0.393. The van der Waals surface area contributed by atoms with Crippen molar-refractivity contribution in [3.8, 4) is 5.75 Å². The molecule has 11 heteroatoms. The Morgan fingerprint density at radius 3 is 2.77 bits per heavy atom. The molecule has 3 atom stereocenters. The number of amides is 2. The third kappa shape index (κ3) is 5.59. The zero-order valence-corrected chi connectivity index (χ0v) is 23.4. The van der Waals surface area contributed by atoms with Crippen LogP contribution in [0.5, 0.6) is 5.75 Å². The number of hydrogen-bond acceptors (Lipinski definition) is 6. The number of ether oxygens (including phenoxy) is 1. The quantitative estimate of drug-likeness (QED) is 0.466. The summed E-state index contributed by atoms with van der Waals surface area (Å²) in [6.45, 7) is 2.84. The molecule has 2 aliphatic rings. The molecule has 0 spiro atoms. The van der Waals surface area contributed by atoms with E-state index in [-0.39, 0.29) is 43.2 Å². The van der Waals surface area contributed by atoms with Gasteiger partial charge in [-0.2, -0.15) is 0 Å². The first kappa shape index (κ1) is 27.4. The van der Waals surface area contributed by atoms with E-state index in [9.17, 15) is 18.0 Å². The van der Waals surface area contributed by atoms with E-state index in [4.69, 9.17) is 16.3 Å². The van der Waals surface area contributed by atoms with Crippen LogP contribution in [0.1, 0.15) is 31.7 Å². The lowest BCUT2D eigenvalue weighted by atomic mass is 9.72. The van der Waals surface area contributed by atoms with E-state index in [1.54, 1.807) is 30.6 Å². The van der Waals surface area contributed by atoms with Gasteiger partial charge in [0.25, 0.3) is 0 Å². The molecule has 2 aliphatic heterocycles. The fourth-order valence-corrected chi connectivity index (χ4v) is 6.70. The number of anilines is 1.